The number of sulfonamides is 1. The Morgan fingerprint density at radius 1 is 1.00 bits per heavy atom. The minimum atomic E-state index is -4.06. The SMILES string of the molecule is COc1cc(NS(=O)(=O)c2ccc(F)cc2Cl)c(OC)cc1Cl. The number of rotatable bonds is 5. The van der Waals surface area contributed by atoms with Gasteiger partial charge in [-0.3, -0.25) is 4.72 Å². The number of halogens is 3. The third kappa shape index (κ3) is 3.80. The molecule has 0 saturated carbocycles. The highest BCUT2D eigenvalue weighted by atomic mass is 35.5. The molecule has 1 N–H and O–H groups in total. The minimum Gasteiger partial charge on any atom is -0.495 e. The molecule has 0 aromatic heterocycles. The maximum atomic E-state index is 13.1. The molecule has 124 valence electrons. The number of benzene rings is 2. The van der Waals surface area contributed by atoms with Crippen molar-refractivity contribution in [2.45, 2.75) is 4.90 Å². The number of methoxy groups -OCH3 is 2. The third-order valence-electron chi connectivity index (χ3n) is 2.90. The zero-order chi connectivity index (χ0) is 17.2. The van der Waals surface area contributed by atoms with Crippen LogP contribution in [-0.2, 0) is 10.0 Å². The normalized spacial score (nSPS) is 11.2. The van der Waals surface area contributed by atoms with Gasteiger partial charge in [0.1, 0.15) is 22.2 Å². The van der Waals surface area contributed by atoms with Crippen LogP contribution >= 0.6 is 23.2 Å². The molecule has 23 heavy (non-hydrogen) atoms. The van der Waals surface area contributed by atoms with E-state index < -0.39 is 15.8 Å². The Morgan fingerprint density at radius 2 is 1.65 bits per heavy atom. The van der Waals surface area contributed by atoms with E-state index >= 15 is 0 Å². The fourth-order valence-electron chi connectivity index (χ4n) is 1.83. The predicted molar refractivity (Wildman–Crippen MR) is 86.8 cm³/mol. The van der Waals surface area contributed by atoms with Crippen molar-refractivity contribution in [2.75, 3.05) is 18.9 Å². The molecule has 0 unspecified atom stereocenters. The molecule has 0 fully saturated rings. The van der Waals surface area contributed by atoms with Gasteiger partial charge in [-0.15, -0.1) is 0 Å². The smallest absolute Gasteiger partial charge is 0.263 e. The third-order valence-corrected chi connectivity index (χ3v) is 5.05. The lowest BCUT2D eigenvalue weighted by Gasteiger charge is -2.14. The number of anilines is 1. The highest BCUT2D eigenvalue weighted by molar-refractivity contribution is 7.92. The molecule has 0 atom stereocenters. The molecule has 2 aromatic carbocycles. The maximum Gasteiger partial charge on any atom is 0.263 e. The monoisotopic (exact) mass is 379 g/mol. The lowest BCUT2D eigenvalue weighted by Crippen LogP contribution is -2.14. The fraction of sp³-hybridized carbons (Fsp3) is 0.143. The van der Waals surface area contributed by atoms with Gasteiger partial charge in [0.05, 0.1) is 30.0 Å². The van der Waals surface area contributed by atoms with Gasteiger partial charge in [0.15, 0.2) is 0 Å². The van der Waals surface area contributed by atoms with Crippen LogP contribution in [0, 0.1) is 5.82 Å². The van der Waals surface area contributed by atoms with Crippen molar-refractivity contribution >= 4 is 38.9 Å². The second kappa shape index (κ2) is 6.82. The molecule has 2 aromatic rings. The summed E-state index contributed by atoms with van der Waals surface area (Å²) in [4.78, 5) is -0.267. The van der Waals surface area contributed by atoms with Crippen LogP contribution in [0.3, 0.4) is 0 Å². The lowest BCUT2D eigenvalue weighted by atomic mass is 10.3. The molecule has 0 heterocycles. The summed E-state index contributed by atoms with van der Waals surface area (Å²) in [6, 6.07) is 5.76. The Labute approximate surface area is 143 Å². The zero-order valence-electron chi connectivity index (χ0n) is 12.1. The van der Waals surface area contributed by atoms with Crippen molar-refractivity contribution < 1.29 is 22.3 Å². The van der Waals surface area contributed by atoms with E-state index in [1.807, 2.05) is 0 Å². The van der Waals surface area contributed by atoms with Crippen LogP contribution in [0.5, 0.6) is 11.5 Å². The molecule has 0 amide bonds. The van der Waals surface area contributed by atoms with E-state index in [1.54, 1.807) is 0 Å². The average Bonchev–Trinajstić information content (AvgIpc) is 2.47. The van der Waals surface area contributed by atoms with Gasteiger partial charge in [-0.1, -0.05) is 23.2 Å². The van der Waals surface area contributed by atoms with Gasteiger partial charge in [0.2, 0.25) is 0 Å². The van der Waals surface area contributed by atoms with Crippen LogP contribution in [0.15, 0.2) is 35.2 Å². The van der Waals surface area contributed by atoms with Gasteiger partial charge in [0.25, 0.3) is 10.0 Å². The largest absolute Gasteiger partial charge is 0.495 e. The quantitative estimate of drug-likeness (QED) is 0.853. The summed E-state index contributed by atoms with van der Waals surface area (Å²) >= 11 is 11.8. The van der Waals surface area contributed by atoms with Crippen molar-refractivity contribution in [2.24, 2.45) is 0 Å². The second-order valence-corrected chi connectivity index (χ2v) is 6.83. The summed E-state index contributed by atoms with van der Waals surface area (Å²) in [5.41, 5.74) is 0.106. The summed E-state index contributed by atoms with van der Waals surface area (Å²) in [5.74, 6) is -0.187. The first-order valence-corrected chi connectivity index (χ1v) is 8.42. The van der Waals surface area contributed by atoms with Gasteiger partial charge >= 0.3 is 0 Å². The molecule has 0 saturated heterocycles. The molecule has 0 aliphatic carbocycles. The maximum absolute atomic E-state index is 13.1. The molecule has 0 radical (unpaired) electrons. The number of ether oxygens (including phenoxy) is 2. The Balaban J connectivity index is 2.48. The molecular weight excluding hydrogens is 368 g/mol. The fourth-order valence-corrected chi connectivity index (χ4v) is 3.66. The predicted octanol–water partition coefficient (Wildman–Crippen LogP) is 3.95. The Bertz CT molecular complexity index is 843. The van der Waals surface area contributed by atoms with E-state index in [4.69, 9.17) is 32.7 Å². The van der Waals surface area contributed by atoms with Gasteiger partial charge < -0.3 is 9.47 Å². The van der Waals surface area contributed by atoms with Crippen molar-refractivity contribution in [1.82, 2.24) is 0 Å². The first-order valence-electron chi connectivity index (χ1n) is 6.18. The topological polar surface area (TPSA) is 64.6 Å². The number of hydrogen-bond donors (Lipinski definition) is 1. The van der Waals surface area contributed by atoms with Crippen LogP contribution in [0.4, 0.5) is 10.1 Å². The van der Waals surface area contributed by atoms with Crippen molar-refractivity contribution in [3.05, 3.63) is 46.2 Å². The molecule has 0 aliphatic rings. The number of hydrogen-bond acceptors (Lipinski definition) is 4. The highest BCUT2D eigenvalue weighted by Crippen LogP contribution is 2.37. The summed E-state index contributed by atoms with van der Waals surface area (Å²) in [7, 11) is -1.30. The molecule has 9 heteroatoms. The van der Waals surface area contributed by atoms with Crippen molar-refractivity contribution in [3.63, 3.8) is 0 Å². The van der Waals surface area contributed by atoms with E-state index in [9.17, 15) is 12.8 Å². The van der Waals surface area contributed by atoms with E-state index in [2.05, 4.69) is 4.72 Å². The molecule has 5 nitrogen and oxygen atoms in total. The van der Waals surface area contributed by atoms with Crippen molar-refractivity contribution in [3.8, 4) is 11.5 Å². The van der Waals surface area contributed by atoms with Crippen LogP contribution in [0.25, 0.3) is 0 Å². The first-order chi connectivity index (χ1) is 10.8. The summed E-state index contributed by atoms with van der Waals surface area (Å²) < 4.78 is 50.4. The van der Waals surface area contributed by atoms with E-state index in [0.717, 1.165) is 18.2 Å². The molecule has 2 rings (SSSR count). The van der Waals surface area contributed by atoms with Crippen molar-refractivity contribution in [1.29, 1.82) is 0 Å². The summed E-state index contributed by atoms with van der Waals surface area (Å²) in [6.07, 6.45) is 0. The van der Waals surface area contributed by atoms with E-state index in [1.165, 1.54) is 26.4 Å². The number of nitrogens with one attached hydrogen (secondary N) is 1. The van der Waals surface area contributed by atoms with Gasteiger partial charge in [-0.05, 0) is 18.2 Å². The lowest BCUT2D eigenvalue weighted by molar-refractivity contribution is 0.405. The summed E-state index contributed by atoms with van der Waals surface area (Å²) in [5, 5.41) is 0.0181. The van der Waals surface area contributed by atoms with Gasteiger partial charge in [-0.2, -0.15) is 0 Å². The molecular formula is C14H12Cl2FNO4S. The Morgan fingerprint density at radius 3 is 2.22 bits per heavy atom. The minimum absolute atomic E-state index is 0.106. The van der Waals surface area contributed by atoms with Crippen LogP contribution in [0.1, 0.15) is 0 Å². The van der Waals surface area contributed by atoms with Gasteiger partial charge in [0, 0.05) is 12.1 Å². The zero-order valence-corrected chi connectivity index (χ0v) is 14.4. The Hall–Kier alpha value is -1.70. The molecule has 0 spiro atoms. The van der Waals surface area contributed by atoms with Crippen LogP contribution < -0.4 is 14.2 Å². The van der Waals surface area contributed by atoms with Gasteiger partial charge in [-0.25, -0.2) is 12.8 Å². The van der Waals surface area contributed by atoms with E-state index in [-0.39, 0.29) is 32.1 Å². The van der Waals surface area contributed by atoms with Crippen LogP contribution in [0.2, 0.25) is 10.0 Å². The standard InChI is InChI=1S/C14H12Cl2FNO4S/c1-21-12-7-11(13(22-2)6-9(12)15)18-23(19,20)14-4-3-8(17)5-10(14)16/h3-7,18H,1-2H3. The first kappa shape index (κ1) is 17.7. The average molecular weight is 380 g/mol. The molecule has 0 aliphatic heterocycles. The molecule has 0 bridgehead atoms. The Kier molecular flexibility index (Phi) is 5.23. The second-order valence-electron chi connectivity index (χ2n) is 4.37. The highest BCUT2D eigenvalue weighted by Gasteiger charge is 2.21. The van der Waals surface area contributed by atoms with Crippen LogP contribution in [-0.4, -0.2) is 22.6 Å². The summed E-state index contributed by atoms with van der Waals surface area (Å²) in [6.45, 7) is 0. The van der Waals surface area contributed by atoms with E-state index in [0.29, 0.717) is 0 Å².